The van der Waals surface area contributed by atoms with Gasteiger partial charge >= 0.3 is 0 Å². The highest BCUT2D eigenvalue weighted by Gasteiger charge is 2.31. The van der Waals surface area contributed by atoms with Crippen LogP contribution in [0.1, 0.15) is 67.6 Å². The summed E-state index contributed by atoms with van der Waals surface area (Å²) >= 11 is 1.54. The van der Waals surface area contributed by atoms with Gasteiger partial charge in [-0.05, 0) is 38.2 Å². The quantitative estimate of drug-likeness (QED) is 0.774. The number of aryl methyl sites for hydroxylation is 1. The van der Waals surface area contributed by atoms with Crippen LogP contribution in [0.4, 0.5) is 0 Å². The molecule has 0 bridgehead atoms. The minimum Gasteiger partial charge on any atom is -0.352 e. The molecule has 26 heavy (non-hydrogen) atoms. The van der Waals surface area contributed by atoms with Crippen molar-refractivity contribution < 1.29 is 4.79 Å². The summed E-state index contributed by atoms with van der Waals surface area (Å²) < 4.78 is 2.27. The molecule has 6 heteroatoms. The van der Waals surface area contributed by atoms with Gasteiger partial charge in [-0.1, -0.05) is 61.4 Å². The zero-order chi connectivity index (χ0) is 17.9. The lowest BCUT2D eigenvalue weighted by Crippen LogP contribution is -2.30. The number of carbonyl (C=O) groups is 1. The molecule has 1 amide bonds. The molecular formula is C20H26N4OS. The van der Waals surface area contributed by atoms with Crippen LogP contribution in [0.5, 0.6) is 0 Å². The van der Waals surface area contributed by atoms with Gasteiger partial charge in [-0.3, -0.25) is 4.79 Å². The molecule has 1 N–H and O–H groups in total. The van der Waals surface area contributed by atoms with E-state index in [1.54, 1.807) is 0 Å². The Kier molecular flexibility index (Phi) is 5.29. The van der Waals surface area contributed by atoms with E-state index in [-0.39, 0.29) is 11.2 Å². The highest BCUT2D eigenvalue weighted by molar-refractivity contribution is 8.00. The molecule has 2 aliphatic carbocycles. The third kappa shape index (κ3) is 3.95. The van der Waals surface area contributed by atoms with Gasteiger partial charge in [0.15, 0.2) is 5.16 Å². The van der Waals surface area contributed by atoms with E-state index in [0.717, 1.165) is 29.4 Å². The van der Waals surface area contributed by atoms with Gasteiger partial charge in [0.2, 0.25) is 5.91 Å². The van der Waals surface area contributed by atoms with Crippen LogP contribution in [0.15, 0.2) is 35.5 Å². The number of hydrogen-bond acceptors (Lipinski definition) is 4. The van der Waals surface area contributed by atoms with Gasteiger partial charge in [0.05, 0.1) is 0 Å². The first-order valence-electron chi connectivity index (χ1n) is 9.66. The van der Waals surface area contributed by atoms with Crippen LogP contribution < -0.4 is 5.32 Å². The van der Waals surface area contributed by atoms with Crippen molar-refractivity contribution >= 4 is 17.7 Å². The second-order valence-corrected chi connectivity index (χ2v) is 8.46. The molecule has 138 valence electrons. The molecular weight excluding hydrogens is 344 g/mol. The summed E-state index contributed by atoms with van der Waals surface area (Å²) in [4.78, 5) is 12.9. The number of thioether (sulfide) groups is 1. The van der Waals surface area contributed by atoms with E-state index in [9.17, 15) is 4.79 Å². The average molecular weight is 371 g/mol. The Morgan fingerprint density at radius 1 is 1.12 bits per heavy atom. The standard InChI is InChI=1S/C20H26N4OS/c1-14-22-23-20(24(14)17-10-6-3-7-11-17)26-18(15-8-4-2-5-9-15)19(25)21-16-12-13-16/h2,4-5,8-9,16-18H,3,6-7,10-13H2,1H3,(H,21,25). The van der Waals surface area contributed by atoms with Gasteiger partial charge in [0.25, 0.3) is 0 Å². The molecule has 1 heterocycles. The van der Waals surface area contributed by atoms with Gasteiger partial charge in [0, 0.05) is 12.1 Å². The number of nitrogens with zero attached hydrogens (tertiary/aromatic N) is 3. The predicted octanol–water partition coefficient (Wildman–Crippen LogP) is 4.20. The summed E-state index contributed by atoms with van der Waals surface area (Å²) in [6.07, 6.45) is 8.38. The summed E-state index contributed by atoms with van der Waals surface area (Å²) in [5.74, 6) is 1.04. The maximum Gasteiger partial charge on any atom is 0.238 e. The number of aromatic nitrogens is 3. The molecule has 2 aromatic rings. The summed E-state index contributed by atoms with van der Waals surface area (Å²) in [5, 5.41) is 12.5. The molecule has 5 nitrogen and oxygen atoms in total. The fourth-order valence-electron chi connectivity index (χ4n) is 3.70. The predicted molar refractivity (Wildman–Crippen MR) is 103 cm³/mol. The molecule has 0 saturated heterocycles. The van der Waals surface area contributed by atoms with Gasteiger partial charge in [0.1, 0.15) is 11.1 Å². The highest BCUT2D eigenvalue weighted by Crippen LogP contribution is 2.39. The summed E-state index contributed by atoms with van der Waals surface area (Å²) in [7, 11) is 0. The minimum absolute atomic E-state index is 0.0829. The van der Waals surface area contributed by atoms with Crippen molar-refractivity contribution in [2.24, 2.45) is 0 Å². The van der Waals surface area contributed by atoms with E-state index in [2.05, 4.69) is 20.1 Å². The molecule has 1 aromatic heterocycles. The first kappa shape index (κ1) is 17.6. The fourth-order valence-corrected chi connectivity index (χ4v) is 4.86. The third-order valence-electron chi connectivity index (χ3n) is 5.26. The van der Waals surface area contributed by atoms with Crippen LogP contribution in [-0.2, 0) is 4.79 Å². The zero-order valence-corrected chi connectivity index (χ0v) is 16.0. The minimum atomic E-state index is -0.289. The highest BCUT2D eigenvalue weighted by atomic mass is 32.2. The number of amides is 1. The van der Waals surface area contributed by atoms with E-state index >= 15 is 0 Å². The first-order valence-corrected chi connectivity index (χ1v) is 10.5. The van der Waals surface area contributed by atoms with Crippen LogP contribution >= 0.6 is 11.8 Å². The van der Waals surface area contributed by atoms with E-state index in [1.165, 1.54) is 43.9 Å². The first-order chi connectivity index (χ1) is 12.7. The molecule has 1 atom stereocenters. The Morgan fingerprint density at radius 2 is 1.85 bits per heavy atom. The Balaban J connectivity index is 1.60. The summed E-state index contributed by atoms with van der Waals surface area (Å²) in [6.45, 7) is 2.02. The molecule has 0 aliphatic heterocycles. The maximum absolute atomic E-state index is 12.9. The number of rotatable bonds is 6. The van der Waals surface area contributed by atoms with E-state index in [4.69, 9.17) is 0 Å². The summed E-state index contributed by atoms with van der Waals surface area (Å²) in [6, 6.07) is 10.8. The number of hydrogen-bond donors (Lipinski definition) is 1. The lowest BCUT2D eigenvalue weighted by molar-refractivity contribution is -0.120. The molecule has 0 spiro atoms. The number of carbonyl (C=O) groups excluding carboxylic acids is 1. The topological polar surface area (TPSA) is 59.8 Å². The molecule has 1 aromatic carbocycles. The van der Waals surface area contributed by atoms with Crippen molar-refractivity contribution in [3.05, 3.63) is 41.7 Å². The molecule has 4 rings (SSSR count). The fraction of sp³-hybridized carbons (Fsp3) is 0.550. The molecule has 2 aliphatic rings. The van der Waals surface area contributed by atoms with Crippen LogP contribution in [0.25, 0.3) is 0 Å². The van der Waals surface area contributed by atoms with E-state index in [1.807, 2.05) is 37.3 Å². The van der Waals surface area contributed by atoms with Crippen molar-refractivity contribution in [3.8, 4) is 0 Å². The van der Waals surface area contributed by atoms with Gasteiger partial charge in [-0.15, -0.1) is 10.2 Å². The van der Waals surface area contributed by atoms with Gasteiger partial charge < -0.3 is 9.88 Å². The maximum atomic E-state index is 12.9. The Hall–Kier alpha value is -1.82. The van der Waals surface area contributed by atoms with Crippen molar-refractivity contribution in [1.29, 1.82) is 0 Å². The van der Waals surface area contributed by atoms with Gasteiger partial charge in [-0.2, -0.15) is 0 Å². The van der Waals surface area contributed by atoms with Crippen LogP contribution in [0.2, 0.25) is 0 Å². The SMILES string of the molecule is Cc1nnc(SC(C(=O)NC2CC2)c2ccccc2)n1C1CCCCC1. The number of nitrogens with one attached hydrogen (secondary N) is 1. The molecule has 2 saturated carbocycles. The van der Waals surface area contributed by atoms with E-state index in [0.29, 0.717) is 12.1 Å². The molecule has 1 unspecified atom stereocenters. The Bertz CT molecular complexity index is 750. The average Bonchev–Trinajstić information content (AvgIpc) is 3.41. The lowest BCUT2D eigenvalue weighted by atomic mass is 9.95. The number of benzene rings is 1. The van der Waals surface area contributed by atoms with Gasteiger partial charge in [-0.25, -0.2) is 0 Å². The second kappa shape index (κ2) is 7.82. The molecule has 2 fully saturated rings. The largest absolute Gasteiger partial charge is 0.352 e. The van der Waals surface area contributed by atoms with E-state index < -0.39 is 0 Å². The monoisotopic (exact) mass is 370 g/mol. The normalized spacial score (nSPS) is 19.3. The van der Waals surface area contributed by atoms with Crippen molar-refractivity contribution in [2.75, 3.05) is 0 Å². The Labute approximate surface area is 159 Å². The lowest BCUT2D eigenvalue weighted by Gasteiger charge is -2.26. The Morgan fingerprint density at radius 3 is 2.54 bits per heavy atom. The molecule has 0 radical (unpaired) electrons. The second-order valence-electron chi connectivity index (χ2n) is 7.38. The zero-order valence-electron chi connectivity index (χ0n) is 15.2. The van der Waals surface area contributed by atoms with Crippen LogP contribution in [0, 0.1) is 6.92 Å². The van der Waals surface area contributed by atoms with Crippen molar-refractivity contribution in [2.45, 2.75) is 74.4 Å². The third-order valence-corrected chi connectivity index (χ3v) is 6.47. The van der Waals surface area contributed by atoms with Crippen LogP contribution in [-0.4, -0.2) is 26.7 Å². The van der Waals surface area contributed by atoms with Crippen molar-refractivity contribution in [1.82, 2.24) is 20.1 Å². The smallest absolute Gasteiger partial charge is 0.238 e. The van der Waals surface area contributed by atoms with Crippen molar-refractivity contribution in [3.63, 3.8) is 0 Å². The summed E-state index contributed by atoms with van der Waals surface area (Å²) in [5.41, 5.74) is 1.02. The van der Waals surface area contributed by atoms with Crippen LogP contribution in [0.3, 0.4) is 0 Å².